The molecule has 7 heteroatoms. The Kier molecular flexibility index (Phi) is 9.41. The van der Waals surface area contributed by atoms with Crippen LogP contribution in [-0.2, 0) is 0 Å². The van der Waals surface area contributed by atoms with E-state index in [0.717, 1.165) is 154 Å². The fourth-order valence-electron chi connectivity index (χ4n) is 13.9. The Hall–Kier alpha value is -9.82. The van der Waals surface area contributed by atoms with E-state index < -0.39 is 0 Å². The van der Waals surface area contributed by atoms with Crippen LogP contribution in [0, 0.1) is 85.0 Å². The molecule has 78 heavy (non-hydrogen) atoms. The molecule has 0 aliphatic heterocycles. The Morgan fingerprint density at radius 3 is 1.10 bits per heavy atom. The average molecular weight is 1010 g/mol. The van der Waals surface area contributed by atoms with Crippen LogP contribution in [0.3, 0.4) is 0 Å². The second kappa shape index (κ2) is 16.1. The van der Waals surface area contributed by atoms with Crippen molar-refractivity contribution in [1.82, 2.24) is 18.3 Å². The van der Waals surface area contributed by atoms with Gasteiger partial charge in [0, 0.05) is 53.9 Å². The lowest BCUT2D eigenvalue weighted by molar-refractivity contribution is 0.671. The Morgan fingerprint density at radius 2 is 0.667 bits per heavy atom. The Labute approximate surface area is 450 Å². The molecular weight excluding hydrogens is 953 g/mol. The van der Waals surface area contributed by atoms with Gasteiger partial charge in [-0.3, -0.25) is 0 Å². The highest BCUT2D eigenvalue weighted by molar-refractivity contribution is 6.23. The van der Waals surface area contributed by atoms with Crippen molar-refractivity contribution in [1.29, 1.82) is 10.5 Å². The number of nitrogens with zero attached hydrogens (tertiary/aromatic N) is 6. The first-order chi connectivity index (χ1) is 37.8. The number of furan rings is 1. The first-order valence-electron chi connectivity index (χ1n) is 26.8. The molecule has 0 atom stereocenters. The minimum atomic E-state index is 0.410. The summed E-state index contributed by atoms with van der Waals surface area (Å²) in [4.78, 5) is 0. The number of benzene rings is 10. The van der Waals surface area contributed by atoms with Gasteiger partial charge in [0.05, 0.1) is 66.9 Å². The first kappa shape index (κ1) is 45.6. The van der Waals surface area contributed by atoms with Gasteiger partial charge in [-0.05, 0) is 152 Å². The van der Waals surface area contributed by atoms with Gasteiger partial charge in [-0.1, -0.05) is 112 Å². The molecule has 7 nitrogen and oxygen atoms in total. The van der Waals surface area contributed by atoms with Gasteiger partial charge in [-0.15, -0.1) is 0 Å². The standard InChI is InChI=1S/C71H52N6O/c1-37-18-23-59-50(29-37)53-32-40(4)26-43(7)63(53)74(59)66-56(35-72)68(76-61-25-20-39(3)31-52(61)55-34-42(6)28-45(9)65(55)76)69(57(36-73)67(66)75-60-24-19-38(2)30-51(60)54-33-41(5)27-44(8)64(54)75)77-58-16-12-10-14-46(58)48-21-22-49-47-15-11-13-17-62(47)78-71(49)70(48)77/h10-34H,1-9H3. The van der Waals surface area contributed by atoms with Crippen LogP contribution in [0.1, 0.15) is 61.2 Å². The highest BCUT2D eigenvalue weighted by Gasteiger charge is 2.36. The number of nitriles is 2. The molecule has 0 saturated carbocycles. The summed E-state index contributed by atoms with van der Waals surface area (Å²) in [6.07, 6.45) is 0. The fraction of sp³-hybridized carbons (Fsp3) is 0.127. The summed E-state index contributed by atoms with van der Waals surface area (Å²) >= 11 is 0. The van der Waals surface area contributed by atoms with Gasteiger partial charge in [0.1, 0.15) is 28.8 Å². The molecule has 0 unspecified atom stereocenters. The minimum absolute atomic E-state index is 0.410. The lowest BCUT2D eigenvalue weighted by Gasteiger charge is -2.27. The summed E-state index contributed by atoms with van der Waals surface area (Å²) < 4.78 is 16.3. The summed E-state index contributed by atoms with van der Waals surface area (Å²) in [6.45, 7) is 19.4. The Balaban J connectivity index is 1.31. The number of fused-ring (bicyclic) bond motifs is 16. The van der Waals surface area contributed by atoms with Gasteiger partial charge in [0.2, 0.25) is 0 Å². The predicted molar refractivity (Wildman–Crippen MR) is 323 cm³/mol. The van der Waals surface area contributed by atoms with Crippen molar-refractivity contribution in [2.24, 2.45) is 0 Å². The monoisotopic (exact) mass is 1000 g/mol. The SMILES string of the molecule is Cc1ccc2c(c1)c1cc(C)cc(C)c1n2-c1c(C#N)c(-n2c3ccc(C)cc3c3cc(C)cc(C)c32)c(-n2c3ccccc3c3ccc4c5ccccc5oc4c32)c(C#N)c1-n1c2ccc(C)cc2c2cc(C)cc(C)c21. The van der Waals surface area contributed by atoms with Crippen LogP contribution in [0.15, 0.2) is 156 Å². The normalized spacial score (nSPS) is 12.1. The van der Waals surface area contributed by atoms with E-state index in [1.807, 2.05) is 12.1 Å². The lowest BCUT2D eigenvalue weighted by atomic mass is 9.98. The van der Waals surface area contributed by atoms with Gasteiger partial charge in [-0.2, -0.15) is 10.5 Å². The number of para-hydroxylation sites is 2. The van der Waals surface area contributed by atoms with Gasteiger partial charge >= 0.3 is 0 Å². The second-order valence-corrected chi connectivity index (χ2v) is 22.2. The molecule has 0 amide bonds. The number of aromatic nitrogens is 4. The maximum atomic E-state index is 13.0. The van der Waals surface area contributed by atoms with Crippen molar-refractivity contribution >= 4 is 109 Å². The molecule has 5 heterocycles. The van der Waals surface area contributed by atoms with E-state index in [-0.39, 0.29) is 0 Å². The Morgan fingerprint density at radius 1 is 0.308 bits per heavy atom. The zero-order valence-electron chi connectivity index (χ0n) is 45.0. The summed E-state index contributed by atoms with van der Waals surface area (Å²) in [5.41, 5.74) is 22.2. The van der Waals surface area contributed by atoms with Crippen LogP contribution >= 0.6 is 0 Å². The van der Waals surface area contributed by atoms with Crippen molar-refractivity contribution in [2.45, 2.75) is 62.3 Å². The van der Waals surface area contributed by atoms with Crippen LogP contribution in [0.5, 0.6) is 0 Å². The van der Waals surface area contributed by atoms with Crippen molar-refractivity contribution < 1.29 is 4.42 Å². The molecule has 372 valence electrons. The van der Waals surface area contributed by atoms with Crippen molar-refractivity contribution in [3.63, 3.8) is 0 Å². The van der Waals surface area contributed by atoms with Gasteiger partial charge in [0.15, 0.2) is 5.58 Å². The maximum absolute atomic E-state index is 13.0. The Bertz CT molecular complexity index is 5340. The molecule has 0 aliphatic rings. The van der Waals surface area contributed by atoms with E-state index in [1.54, 1.807) is 0 Å². The summed E-state index contributed by atoms with van der Waals surface area (Å²) in [5, 5.41) is 36.4. The average Bonchev–Trinajstić information content (AvgIpc) is 4.28. The van der Waals surface area contributed by atoms with E-state index in [9.17, 15) is 10.5 Å². The molecule has 0 aliphatic carbocycles. The zero-order chi connectivity index (χ0) is 53.3. The van der Waals surface area contributed by atoms with Gasteiger partial charge < -0.3 is 22.7 Å². The molecule has 0 bridgehead atoms. The number of rotatable bonds is 4. The highest BCUT2D eigenvalue weighted by Crippen LogP contribution is 2.51. The third-order valence-electron chi connectivity index (χ3n) is 16.7. The quantitative estimate of drug-likeness (QED) is 0.176. The van der Waals surface area contributed by atoms with Crippen molar-refractivity contribution in [3.8, 4) is 34.9 Å². The maximum Gasteiger partial charge on any atom is 0.160 e. The molecule has 5 aromatic heterocycles. The smallest absolute Gasteiger partial charge is 0.160 e. The van der Waals surface area contributed by atoms with E-state index in [0.29, 0.717) is 39.5 Å². The highest BCUT2D eigenvalue weighted by atomic mass is 16.3. The molecular formula is C71H52N6O. The topological polar surface area (TPSA) is 80.4 Å². The van der Waals surface area contributed by atoms with Crippen LogP contribution in [0.2, 0.25) is 0 Å². The molecule has 10 aromatic carbocycles. The van der Waals surface area contributed by atoms with E-state index in [1.165, 1.54) is 0 Å². The third-order valence-corrected chi connectivity index (χ3v) is 16.7. The van der Waals surface area contributed by atoms with Crippen LogP contribution in [0.25, 0.3) is 132 Å². The molecule has 0 spiro atoms. The van der Waals surface area contributed by atoms with Crippen molar-refractivity contribution in [3.05, 3.63) is 213 Å². The van der Waals surface area contributed by atoms with Gasteiger partial charge in [0.25, 0.3) is 0 Å². The molecule has 0 fully saturated rings. The third kappa shape index (κ3) is 6.02. The molecule has 0 saturated heterocycles. The summed E-state index contributed by atoms with van der Waals surface area (Å²) in [7, 11) is 0. The number of aryl methyl sites for hydroxylation is 9. The zero-order valence-corrected chi connectivity index (χ0v) is 45.0. The van der Waals surface area contributed by atoms with E-state index >= 15 is 0 Å². The number of hydrogen-bond acceptors (Lipinski definition) is 3. The summed E-state index contributed by atoms with van der Waals surface area (Å²) in [5.74, 6) is 0. The lowest BCUT2D eigenvalue weighted by Crippen LogP contribution is -2.17. The van der Waals surface area contributed by atoms with E-state index in [2.05, 4.69) is 232 Å². The summed E-state index contributed by atoms with van der Waals surface area (Å²) in [6, 6.07) is 60.5. The predicted octanol–water partition coefficient (Wildman–Crippen LogP) is 18.5. The molecule has 15 aromatic rings. The number of hydrogen-bond donors (Lipinski definition) is 0. The molecule has 0 N–H and O–H groups in total. The van der Waals surface area contributed by atoms with Crippen LogP contribution in [0.4, 0.5) is 0 Å². The van der Waals surface area contributed by atoms with Crippen LogP contribution in [-0.4, -0.2) is 18.3 Å². The van der Waals surface area contributed by atoms with E-state index in [4.69, 9.17) is 4.42 Å². The second-order valence-electron chi connectivity index (χ2n) is 22.2. The molecule has 15 rings (SSSR count). The first-order valence-corrected chi connectivity index (χ1v) is 26.8. The van der Waals surface area contributed by atoms with Crippen LogP contribution < -0.4 is 0 Å². The minimum Gasteiger partial charge on any atom is -0.454 e. The molecule has 0 radical (unpaired) electrons. The van der Waals surface area contributed by atoms with Gasteiger partial charge in [-0.25, -0.2) is 0 Å². The fourth-order valence-corrected chi connectivity index (χ4v) is 13.9. The largest absolute Gasteiger partial charge is 0.454 e. The van der Waals surface area contributed by atoms with Crippen molar-refractivity contribution in [2.75, 3.05) is 0 Å².